The molecule has 2 aromatic rings. The lowest BCUT2D eigenvalue weighted by Gasteiger charge is -2.13. The zero-order valence-corrected chi connectivity index (χ0v) is 15.0. The Morgan fingerprint density at radius 3 is 2.75 bits per heavy atom. The summed E-state index contributed by atoms with van der Waals surface area (Å²) in [5, 5.41) is 9.19. The van der Waals surface area contributed by atoms with E-state index < -0.39 is 5.97 Å². The van der Waals surface area contributed by atoms with E-state index in [1.807, 2.05) is 6.07 Å². The average molecular weight is 411 g/mol. The number of hydrogen-bond acceptors (Lipinski definition) is 5. The summed E-state index contributed by atoms with van der Waals surface area (Å²) in [6.07, 6.45) is 1.55. The highest BCUT2D eigenvalue weighted by atomic mass is 79.9. The van der Waals surface area contributed by atoms with E-state index in [0.717, 1.165) is 0 Å². The number of carbonyl (C=O) groups is 2. The lowest BCUT2D eigenvalue weighted by atomic mass is 10.1. The molecule has 0 atom stereocenters. The van der Waals surface area contributed by atoms with Crippen molar-refractivity contribution in [1.82, 2.24) is 4.57 Å². The molecule has 124 valence electrons. The van der Waals surface area contributed by atoms with E-state index in [2.05, 4.69) is 15.9 Å². The van der Waals surface area contributed by atoms with E-state index in [1.54, 1.807) is 18.2 Å². The number of Topliss-reactive ketones (excluding diaryl/α,β-unsaturated/α-hetero) is 1. The third-order valence-corrected chi connectivity index (χ3v) is 4.07. The zero-order chi connectivity index (χ0) is 17.9. The van der Waals surface area contributed by atoms with Crippen LogP contribution < -0.4 is 5.73 Å². The lowest BCUT2D eigenvalue weighted by molar-refractivity contribution is 0.0592. The van der Waals surface area contributed by atoms with Gasteiger partial charge in [-0.1, -0.05) is 15.9 Å². The molecule has 0 saturated heterocycles. The van der Waals surface area contributed by atoms with Crippen LogP contribution in [-0.2, 0) is 4.74 Å². The molecular weight excluding hydrogens is 398 g/mol. The first kappa shape index (κ1) is 18.0. The van der Waals surface area contributed by atoms with Crippen molar-refractivity contribution in [1.29, 1.82) is 5.26 Å². The predicted molar refractivity (Wildman–Crippen MR) is 93.6 cm³/mol. The van der Waals surface area contributed by atoms with E-state index in [1.165, 1.54) is 17.9 Å². The van der Waals surface area contributed by atoms with Crippen LogP contribution in [0.2, 0.25) is 0 Å². The number of esters is 1. The van der Waals surface area contributed by atoms with Gasteiger partial charge in [-0.05, 0) is 18.2 Å². The fourth-order valence-electron chi connectivity index (χ4n) is 2.26. The number of hydrogen-bond donors (Lipinski definition) is 1. The SMILES string of the molecule is COC(=O)c1c(N)c(C#N)cn1-c1cc(Br)ccc1C(=O)CCCl. The minimum Gasteiger partial charge on any atom is -0.464 e. The molecule has 0 radical (unpaired) electrons. The van der Waals surface area contributed by atoms with Crippen molar-refractivity contribution >= 4 is 45.0 Å². The lowest BCUT2D eigenvalue weighted by Crippen LogP contribution is -2.14. The summed E-state index contributed by atoms with van der Waals surface area (Å²) in [6.45, 7) is 0. The number of methoxy groups -OCH3 is 1. The number of ketones is 1. The number of rotatable bonds is 5. The number of nitrogen functional groups attached to an aromatic ring is 1. The molecule has 0 saturated carbocycles. The van der Waals surface area contributed by atoms with Gasteiger partial charge in [-0.15, -0.1) is 11.6 Å². The summed E-state index contributed by atoms with van der Waals surface area (Å²) >= 11 is 9.00. The molecular formula is C16H13BrClN3O3. The third-order valence-electron chi connectivity index (χ3n) is 3.38. The van der Waals surface area contributed by atoms with Crippen LogP contribution in [-0.4, -0.2) is 29.3 Å². The highest BCUT2D eigenvalue weighted by Gasteiger charge is 2.24. The van der Waals surface area contributed by atoms with E-state index in [9.17, 15) is 14.9 Å². The number of nitrogens with two attached hydrogens (primary N) is 1. The summed E-state index contributed by atoms with van der Waals surface area (Å²) in [7, 11) is 1.21. The quantitative estimate of drug-likeness (QED) is 0.463. The van der Waals surface area contributed by atoms with Gasteiger partial charge in [-0.3, -0.25) is 4.79 Å². The van der Waals surface area contributed by atoms with E-state index in [4.69, 9.17) is 22.1 Å². The summed E-state index contributed by atoms with van der Waals surface area (Å²) in [4.78, 5) is 24.4. The zero-order valence-electron chi connectivity index (χ0n) is 12.7. The van der Waals surface area contributed by atoms with Crippen molar-refractivity contribution < 1.29 is 14.3 Å². The average Bonchev–Trinajstić information content (AvgIpc) is 2.90. The Morgan fingerprint density at radius 2 is 2.17 bits per heavy atom. The Labute approximate surface area is 151 Å². The van der Waals surface area contributed by atoms with Gasteiger partial charge >= 0.3 is 5.97 Å². The van der Waals surface area contributed by atoms with Gasteiger partial charge in [-0.2, -0.15) is 5.26 Å². The standard InChI is InChI=1S/C16H13BrClN3O3/c1-24-16(23)15-14(20)9(7-19)8-21(15)12-6-10(17)2-3-11(12)13(22)4-5-18/h2-3,6,8H,4-5,20H2,1H3. The van der Waals surface area contributed by atoms with E-state index >= 15 is 0 Å². The fourth-order valence-corrected chi connectivity index (χ4v) is 2.79. The molecule has 0 amide bonds. The predicted octanol–water partition coefficient (Wildman–Crippen LogP) is 3.29. The van der Waals surface area contributed by atoms with Crippen LogP contribution in [0.15, 0.2) is 28.9 Å². The molecule has 24 heavy (non-hydrogen) atoms. The van der Waals surface area contributed by atoms with Gasteiger partial charge in [0.2, 0.25) is 0 Å². The summed E-state index contributed by atoms with van der Waals surface area (Å²) < 4.78 is 6.84. The third kappa shape index (κ3) is 3.30. The molecule has 0 bridgehead atoms. The number of carbonyl (C=O) groups excluding carboxylic acids is 2. The minimum atomic E-state index is -0.704. The summed E-state index contributed by atoms with van der Waals surface area (Å²) in [5.41, 5.74) is 6.77. The van der Waals surface area contributed by atoms with Crippen molar-refractivity contribution in [3.05, 3.63) is 45.7 Å². The number of nitrogens with zero attached hydrogens (tertiary/aromatic N) is 2. The van der Waals surface area contributed by atoms with Crippen LogP contribution >= 0.6 is 27.5 Å². The minimum absolute atomic E-state index is 0.0000628. The van der Waals surface area contributed by atoms with Gasteiger partial charge in [0.05, 0.1) is 24.0 Å². The van der Waals surface area contributed by atoms with Gasteiger partial charge in [0, 0.05) is 28.5 Å². The molecule has 1 aromatic carbocycles. The fraction of sp³-hybridized carbons (Fsp3) is 0.188. The Hall–Kier alpha value is -2.30. The molecule has 0 unspecified atom stereocenters. The first-order chi connectivity index (χ1) is 11.4. The molecule has 6 nitrogen and oxygen atoms in total. The number of anilines is 1. The van der Waals surface area contributed by atoms with Crippen LogP contribution in [0, 0.1) is 11.3 Å². The maximum atomic E-state index is 12.3. The molecule has 8 heteroatoms. The summed E-state index contributed by atoms with van der Waals surface area (Å²) in [6, 6.07) is 6.91. The van der Waals surface area contributed by atoms with E-state index in [-0.39, 0.29) is 35.0 Å². The number of ether oxygens (including phenoxy) is 1. The molecule has 0 aliphatic rings. The number of alkyl halides is 1. The topological polar surface area (TPSA) is 98.1 Å². The first-order valence-corrected chi connectivity index (χ1v) is 8.15. The molecule has 0 aliphatic carbocycles. The van der Waals surface area contributed by atoms with Crippen molar-refractivity contribution in [3.63, 3.8) is 0 Å². The molecule has 1 heterocycles. The van der Waals surface area contributed by atoms with Gasteiger partial charge < -0.3 is 15.0 Å². The molecule has 0 spiro atoms. The Balaban J connectivity index is 2.77. The molecule has 0 aliphatic heterocycles. The van der Waals surface area contributed by atoms with Crippen molar-refractivity contribution in [2.24, 2.45) is 0 Å². The Morgan fingerprint density at radius 1 is 1.46 bits per heavy atom. The normalized spacial score (nSPS) is 10.2. The van der Waals surface area contributed by atoms with Gasteiger partial charge in [-0.25, -0.2) is 4.79 Å². The van der Waals surface area contributed by atoms with Crippen molar-refractivity contribution in [3.8, 4) is 11.8 Å². The number of aromatic nitrogens is 1. The van der Waals surface area contributed by atoms with Crippen molar-refractivity contribution in [2.45, 2.75) is 6.42 Å². The second-order valence-electron chi connectivity index (χ2n) is 4.80. The Bertz CT molecular complexity index is 855. The van der Waals surface area contributed by atoms with Crippen molar-refractivity contribution in [2.75, 3.05) is 18.7 Å². The summed E-state index contributed by atoms with van der Waals surface area (Å²) in [5.74, 6) is -0.714. The number of halogens is 2. The highest BCUT2D eigenvalue weighted by Crippen LogP contribution is 2.29. The largest absolute Gasteiger partial charge is 0.464 e. The smallest absolute Gasteiger partial charge is 0.357 e. The van der Waals surface area contributed by atoms with Crippen LogP contribution in [0.1, 0.15) is 32.8 Å². The van der Waals surface area contributed by atoms with Gasteiger partial charge in [0.15, 0.2) is 11.5 Å². The molecule has 1 aromatic heterocycles. The molecule has 2 N–H and O–H groups in total. The van der Waals surface area contributed by atoms with Crippen LogP contribution in [0.5, 0.6) is 0 Å². The maximum absolute atomic E-state index is 12.3. The van der Waals surface area contributed by atoms with Crippen LogP contribution in [0.4, 0.5) is 5.69 Å². The second-order valence-corrected chi connectivity index (χ2v) is 6.10. The van der Waals surface area contributed by atoms with Crippen LogP contribution in [0.25, 0.3) is 5.69 Å². The van der Waals surface area contributed by atoms with E-state index in [0.29, 0.717) is 15.7 Å². The number of nitriles is 1. The second kappa shape index (κ2) is 7.51. The van der Waals surface area contributed by atoms with Gasteiger partial charge in [0.25, 0.3) is 0 Å². The van der Waals surface area contributed by atoms with Gasteiger partial charge in [0.1, 0.15) is 6.07 Å². The van der Waals surface area contributed by atoms with Crippen LogP contribution in [0.3, 0.4) is 0 Å². The molecule has 0 fully saturated rings. The number of benzene rings is 1. The highest BCUT2D eigenvalue weighted by molar-refractivity contribution is 9.10. The molecule has 2 rings (SSSR count). The maximum Gasteiger partial charge on any atom is 0.357 e. The first-order valence-electron chi connectivity index (χ1n) is 6.82. The Kier molecular flexibility index (Phi) is 5.65. The monoisotopic (exact) mass is 409 g/mol.